The summed E-state index contributed by atoms with van der Waals surface area (Å²) in [5, 5.41) is 21.5. The number of epoxide rings is 1. The Morgan fingerprint density at radius 3 is 2.37 bits per heavy atom. The molecule has 6 rings (SSSR count). The molecule has 2 unspecified atom stereocenters. The number of phenols is 1. The fourth-order valence-electron chi connectivity index (χ4n) is 7.68. The molecular formula is C37H46IO8-. The van der Waals surface area contributed by atoms with Gasteiger partial charge < -0.3 is 0 Å². The van der Waals surface area contributed by atoms with Crippen molar-refractivity contribution in [2.45, 2.75) is 122 Å². The number of halogens is 1. The Morgan fingerprint density at radius 2 is 1.74 bits per heavy atom. The summed E-state index contributed by atoms with van der Waals surface area (Å²) in [6.45, 7) is 17.8. The average Bonchev–Trinajstić information content (AvgIpc) is 3.52. The molecule has 5 heterocycles. The van der Waals surface area contributed by atoms with Crippen molar-refractivity contribution in [3.63, 3.8) is 0 Å². The van der Waals surface area contributed by atoms with Crippen LogP contribution in [0.3, 0.4) is 0 Å². The molecule has 46 heavy (non-hydrogen) atoms. The first-order chi connectivity index (χ1) is 21.4. The van der Waals surface area contributed by atoms with E-state index in [0.29, 0.717) is 34.6 Å². The molecule has 5 aliphatic rings. The molecule has 2 N–H and O–H groups in total. The standard InChI is InChI=1S/C37H46IO8/c1-20(2)11-10-14-35(8)15-13-22-28(39)27-29(40)24-18-38-19-25-33(4,5)46-36(9,16-12-21(3)32(41)42)37(24,25)45-31(27)23(30(22)44-35)17-26-34(6,7)43-26/h11-13,15,18,25-26,39H,10,14,16-17,19H2,1-9H3,(H,41,42)/q-1/b21-12-/t25?,26?,35-,36+,37+/m0/s1. The number of hydrogen-bond donors (Lipinski definition) is 2. The number of benzene rings is 1. The number of rotatable bonds is 8. The normalized spacial score (nSPS) is 33.2. The molecule has 250 valence electrons. The quantitative estimate of drug-likeness (QED) is 0.135. The summed E-state index contributed by atoms with van der Waals surface area (Å²) in [7, 11) is 0. The van der Waals surface area contributed by atoms with E-state index in [9.17, 15) is 19.8 Å². The van der Waals surface area contributed by atoms with E-state index < -0.39 is 49.6 Å². The molecule has 0 saturated carbocycles. The van der Waals surface area contributed by atoms with Gasteiger partial charge in [-0.3, -0.25) is 0 Å². The summed E-state index contributed by atoms with van der Waals surface area (Å²) in [4.78, 5) is 26.6. The summed E-state index contributed by atoms with van der Waals surface area (Å²) < 4.78 is 29.9. The van der Waals surface area contributed by atoms with E-state index >= 15 is 0 Å². The van der Waals surface area contributed by atoms with Gasteiger partial charge in [0, 0.05) is 0 Å². The molecule has 0 bridgehead atoms. The second-order valence-corrected chi connectivity index (χ2v) is 17.5. The average molecular weight is 746 g/mol. The Balaban J connectivity index is 1.56. The van der Waals surface area contributed by atoms with Crippen molar-refractivity contribution in [1.82, 2.24) is 0 Å². The molecule has 5 aliphatic heterocycles. The first-order valence-electron chi connectivity index (χ1n) is 16.1. The first-order valence-corrected chi connectivity index (χ1v) is 18.9. The number of phenolic OH excluding ortho intramolecular Hbond substituents is 1. The van der Waals surface area contributed by atoms with Gasteiger partial charge in [-0.2, -0.15) is 0 Å². The number of carboxylic acid groups (broad SMARTS) is 1. The molecule has 1 aromatic carbocycles. The molecule has 0 amide bonds. The van der Waals surface area contributed by atoms with Gasteiger partial charge >= 0.3 is 264 Å². The third-order valence-electron chi connectivity index (χ3n) is 10.5. The van der Waals surface area contributed by atoms with Crippen LogP contribution in [-0.2, 0) is 20.7 Å². The minimum atomic E-state index is -1.19. The van der Waals surface area contributed by atoms with Crippen LogP contribution in [0.15, 0.2) is 39.0 Å². The van der Waals surface area contributed by atoms with Crippen molar-refractivity contribution >= 4 is 17.8 Å². The van der Waals surface area contributed by atoms with E-state index in [1.165, 1.54) is 5.57 Å². The van der Waals surface area contributed by atoms with Crippen molar-refractivity contribution in [3.05, 3.63) is 55.7 Å². The van der Waals surface area contributed by atoms with Crippen LogP contribution in [-0.4, -0.2) is 60.5 Å². The van der Waals surface area contributed by atoms with E-state index in [2.05, 4.69) is 19.9 Å². The molecule has 9 heteroatoms. The van der Waals surface area contributed by atoms with Gasteiger partial charge in [0.25, 0.3) is 0 Å². The topological polar surface area (TPSA) is 115 Å². The molecule has 0 aromatic heterocycles. The van der Waals surface area contributed by atoms with Gasteiger partial charge in [0.05, 0.1) is 0 Å². The predicted molar refractivity (Wildman–Crippen MR) is 171 cm³/mol. The van der Waals surface area contributed by atoms with E-state index in [1.807, 2.05) is 57.8 Å². The number of aromatic hydroxyl groups is 1. The van der Waals surface area contributed by atoms with Gasteiger partial charge in [0.15, 0.2) is 0 Å². The first kappa shape index (κ1) is 33.3. The predicted octanol–water partition coefficient (Wildman–Crippen LogP) is 3.93. The molecule has 2 fully saturated rings. The number of fused-ring (bicyclic) bond motifs is 2. The summed E-state index contributed by atoms with van der Waals surface area (Å²) in [6, 6.07) is 0. The number of aliphatic carboxylic acids is 1. The second kappa shape index (κ2) is 11.0. The van der Waals surface area contributed by atoms with Crippen LogP contribution >= 0.6 is 0 Å². The van der Waals surface area contributed by atoms with Gasteiger partial charge in [-0.1, -0.05) is 5.57 Å². The van der Waals surface area contributed by atoms with Crippen LogP contribution in [0.2, 0.25) is 0 Å². The van der Waals surface area contributed by atoms with Crippen LogP contribution in [0.5, 0.6) is 17.2 Å². The van der Waals surface area contributed by atoms with Gasteiger partial charge in [-0.25, -0.2) is 0 Å². The van der Waals surface area contributed by atoms with E-state index in [4.69, 9.17) is 18.9 Å². The summed E-state index contributed by atoms with van der Waals surface area (Å²) in [5.74, 6) is -0.737. The summed E-state index contributed by atoms with van der Waals surface area (Å²) in [5.41, 5.74) is -0.615. The van der Waals surface area contributed by atoms with Crippen molar-refractivity contribution in [2.75, 3.05) is 4.43 Å². The third kappa shape index (κ3) is 5.15. The number of carboxylic acids is 1. The monoisotopic (exact) mass is 745 g/mol. The zero-order valence-corrected chi connectivity index (χ0v) is 30.5. The van der Waals surface area contributed by atoms with Gasteiger partial charge in [-0.15, -0.1) is 0 Å². The molecule has 0 radical (unpaired) electrons. The number of carbonyl (C=O) groups is 2. The number of allylic oxidation sites excluding steroid dienone is 2. The Labute approximate surface area is 282 Å². The second-order valence-electron chi connectivity index (χ2n) is 15.1. The van der Waals surface area contributed by atoms with Crippen molar-refractivity contribution in [2.24, 2.45) is 5.92 Å². The van der Waals surface area contributed by atoms with Crippen LogP contribution < -0.4 is 30.7 Å². The summed E-state index contributed by atoms with van der Waals surface area (Å²) >= 11 is -0.490. The Bertz CT molecular complexity index is 1640. The van der Waals surface area contributed by atoms with Gasteiger partial charge in [0.2, 0.25) is 0 Å². The molecule has 1 spiro atoms. The van der Waals surface area contributed by atoms with Gasteiger partial charge in [-0.05, 0) is 13.8 Å². The molecular weight excluding hydrogens is 699 g/mol. The zero-order valence-electron chi connectivity index (χ0n) is 28.3. The van der Waals surface area contributed by atoms with Crippen LogP contribution in [0, 0.1) is 5.92 Å². The van der Waals surface area contributed by atoms with E-state index in [-0.39, 0.29) is 46.7 Å². The van der Waals surface area contributed by atoms with E-state index in [0.717, 1.165) is 17.3 Å². The summed E-state index contributed by atoms with van der Waals surface area (Å²) in [6.07, 6.45) is 9.81. The number of ketones is 1. The SMILES string of the molecule is CC(C)=CCC[C@@]1(C)C=Cc2c(O)c3c(c(CC4OC4(C)C)c2O1)O[C@]12C(=C[I-]CC1C(C)(C)O[C@]2(C)C/C=C(/C)C(=O)O)C3=O. The number of Topliss-reactive ketones (excluding diaryl/α,β-unsaturated/α-hetero) is 1. The molecule has 8 nitrogen and oxygen atoms in total. The minimum absolute atomic E-state index is 0.123. The van der Waals surface area contributed by atoms with Gasteiger partial charge in [0.1, 0.15) is 0 Å². The maximum absolute atomic E-state index is 14.8. The number of alkyl halides is 1. The van der Waals surface area contributed by atoms with Crippen molar-refractivity contribution < 1.29 is 60.0 Å². The fourth-order valence-corrected chi connectivity index (χ4v) is 11.3. The number of carbonyl (C=O) groups excluding carboxylic acids is 1. The van der Waals surface area contributed by atoms with Crippen molar-refractivity contribution in [3.8, 4) is 17.2 Å². The molecule has 1 aromatic rings. The van der Waals surface area contributed by atoms with Crippen LogP contribution in [0.25, 0.3) is 6.08 Å². The number of hydrogen-bond acceptors (Lipinski definition) is 7. The Hall–Kier alpha value is -2.63. The van der Waals surface area contributed by atoms with Crippen LogP contribution in [0.4, 0.5) is 0 Å². The van der Waals surface area contributed by atoms with Crippen molar-refractivity contribution in [1.29, 1.82) is 0 Å². The zero-order chi connectivity index (χ0) is 33.6. The number of ether oxygens (including phenoxy) is 4. The molecule has 2 saturated heterocycles. The van der Waals surface area contributed by atoms with E-state index in [1.54, 1.807) is 13.0 Å². The maximum atomic E-state index is 14.8. The fraction of sp³-hybridized carbons (Fsp3) is 0.568. The Kier molecular flexibility index (Phi) is 7.92. The van der Waals surface area contributed by atoms with Crippen LogP contribution in [0.1, 0.15) is 103 Å². The third-order valence-corrected chi connectivity index (χ3v) is 13.0. The molecule has 0 aliphatic carbocycles. The molecule has 5 atom stereocenters. The Morgan fingerprint density at radius 1 is 1.04 bits per heavy atom.